The summed E-state index contributed by atoms with van der Waals surface area (Å²) in [5.74, 6) is 7.02. The van der Waals surface area contributed by atoms with Crippen LogP contribution in [0, 0.1) is 0 Å². The minimum Gasteiger partial charge on any atom is -0.497 e. The Hall–Kier alpha value is -1.30. The molecule has 0 aliphatic heterocycles. The van der Waals surface area contributed by atoms with Gasteiger partial charge in [-0.15, -0.1) is 0 Å². The van der Waals surface area contributed by atoms with Crippen molar-refractivity contribution < 1.29 is 14.2 Å². The molecule has 0 amide bonds. The summed E-state index contributed by atoms with van der Waals surface area (Å²) in [4.78, 5) is 0. The molecule has 0 bridgehead atoms. The van der Waals surface area contributed by atoms with Gasteiger partial charge in [-0.05, 0) is 31.5 Å². The van der Waals surface area contributed by atoms with E-state index in [1.807, 2.05) is 32.0 Å². The second-order valence-corrected chi connectivity index (χ2v) is 4.25. The SMILES string of the molecule is COc1cc(OC)cc(C(COC(C)C)NN)c1. The van der Waals surface area contributed by atoms with Gasteiger partial charge in [0.1, 0.15) is 11.5 Å². The Morgan fingerprint density at radius 3 is 2.06 bits per heavy atom. The topological polar surface area (TPSA) is 65.7 Å². The molecule has 5 heteroatoms. The molecule has 1 aromatic carbocycles. The molecule has 1 aromatic rings. The average Bonchev–Trinajstić information content (AvgIpc) is 2.38. The quantitative estimate of drug-likeness (QED) is 0.572. The van der Waals surface area contributed by atoms with Gasteiger partial charge >= 0.3 is 0 Å². The van der Waals surface area contributed by atoms with Crippen LogP contribution in [0.3, 0.4) is 0 Å². The molecule has 1 unspecified atom stereocenters. The van der Waals surface area contributed by atoms with E-state index in [9.17, 15) is 0 Å². The first-order chi connectivity index (χ1) is 8.60. The van der Waals surface area contributed by atoms with Gasteiger partial charge in [-0.1, -0.05) is 0 Å². The first-order valence-electron chi connectivity index (χ1n) is 5.91. The van der Waals surface area contributed by atoms with E-state index in [1.165, 1.54) is 0 Å². The lowest BCUT2D eigenvalue weighted by molar-refractivity contribution is 0.0611. The van der Waals surface area contributed by atoms with Crippen LogP contribution in [0.1, 0.15) is 25.5 Å². The zero-order chi connectivity index (χ0) is 13.5. The Kier molecular flexibility index (Phi) is 5.91. The van der Waals surface area contributed by atoms with Gasteiger partial charge in [-0.2, -0.15) is 0 Å². The molecule has 1 atom stereocenters. The number of hydrogen-bond donors (Lipinski definition) is 2. The van der Waals surface area contributed by atoms with E-state index in [0.29, 0.717) is 6.61 Å². The van der Waals surface area contributed by atoms with Crippen molar-refractivity contribution in [1.82, 2.24) is 5.43 Å². The predicted molar refractivity (Wildman–Crippen MR) is 70.7 cm³/mol. The fraction of sp³-hybridized carbons (Fsp3) is 0.538. The second kappa shape index (κ2) is 7.20. The van der Waals surface area contributed by atoms with E-state index in [4.69, 9.17) is 20.1 Å². The maximum atomic E-state index is 5.57. The van der Waals surface area contributed by atoms with Crippen molar-refractivity contribution in [1.29, 1.82) is 0 Å². The maximum absolute atomic E-state index is 5.57. The fourth-order valence-corrected chi connectivity index (χ4v) is 1.56. The highest BCUT2D eigenvalue weighted by atomic mass is 16.5. The molecule has 0 spiro atoms. The Labute approximate surface area is 108 Å². The zero-order valence-corrected chi connectivity index (χ0v) is 11.4. The van der Waals surface area contributed by atoms with Crippen molar-refractivity contribution in [2.75, 3.05) is 20.8 Å². The van der Waals surface area contributed by atoms with E-state index in [2.05, 4.69) is 5.43 Å². The number of benzene rings is 1. The summed E-state index contributed by atoms with van der Waals surface area (Å²) in [6.45, 7) is 4.46. The molecule has 0 aliphatic rings. The van der Waals surface area contributed by atoms with Crippen molar-refractivity contribution in [3.63, 3.8) is 0 Å². The highest BCUT2D eigenvalue weighted by Gasteiger charge is 2.13. The summed E-state index contributed by atoms with van der Waals surface area (Å²) < 4.78 is 16.0. The van der Waals surface area contributed by atoms with Crippen molar-refractivity contribution in [3.8, 4) is 11.5 Å². The number of ether oxygens (including phenoxy) is 3. The van der Waals surface area contributed by atoms with Crippen LogP contribution in [0.25, 0.3) is 0 Å². The normalized spacial score (nSPS) is 12.6. The van der Waals surface area contributed by atoms with Gasteiger partial charge < -0.3 is 14.2 Å². The molecule has 102 valence electrons. The molecular weight excluding hydrogens is 232 g/mol. The van der Waals surface area contributed by atoms with Gasteiger partial charge in [0.15, 0.2) is 0 Å². The lowest BCUT2D eigenvalue weighted by Crippen LogP contribution is -2.32. The maximum Gasteiger partial charge on any atom is 0.122 e. The molecular formula is C13H22N2O3. The molecule has 0 aliphatic carbocycles. The summed E-state index contributed by atoms with van der Waals surface area (Å²) in [5, 5.41) is 0. The standard InChI is InChI=1S/C13H22N2O3/c1-9(2)18-8-13(15-14)10-5-11(16-3)7-12(6-10)17-4/h5-7,9,13,15H,8,14H2,1-4H3. The summed E-state index contributed by atoms with van der Waals surface area (Å²) in [6.07, 6.45) is 0.161. The third-order valence-corrected chi connectivity index (χ3v) is 2.57. The second-order valence-electron chi connectivity index (χ2n) is 4.25. The fourth-order valence-electron chi connectivity index (χ4n) is 1.56. The molecule has 0 saturated heterocycles. The van der Waals surface area contributed by atoms with Gasteiger partial charge in [0, 0.05) is 6.07 Å². The number of nitrogens with one attached hydrogen (secondary N) is 1. The van der Waals surface area contributed by atoms with Crippen LogP contribution in [0.5, 0.6) is 11.5 Å². The summed E-state index contributed by atoms with van der Waals surface area (Å²) in [7, 11) is 3.24. The van der Waals surface area contributed by atoms with Crippen LogP contribution in [0.4, 0.5) is 0 Å². The van der Waals surface area contributed by atoms with Gasteiger partial charge in [-0.25, -0.2) is 0 Å². The molecule has 0 radical (unpaired) electrons. The van der Waals surface area contributed by atoms with Crippen molar-refractivity contribution in [2.45, 2.75) is 26.0 Å². The molecule has 3 N–H and O–H groups in total. The molecule has 1 rings (SSSR count). The van der Waals surface area contributed by atoms with E-state index in [-0.39, 0.29) is 12.1 Å². The minimum absolute atomic E-state index is 0.101. The minimum atomic E-state index is -0.101. The third-order valence-electron chi connectivity index (χ3n) is 2.57. The average molecular weight is 254 g/mol. The number of rotatable bonds is 7. The van der Waals surface area contributed by atoms with E-state index >= 15 is 0 Å². The smallest absolute Gasteiger partial charge is 0.122 e. The van der Waals surface area contributed by atoms with Gasteiger partial charge in [0.2, 0.25) is 0 Å². The van der Waals surface area contributed by atoms with Crippen LogP contribution in [0.2, 0.25) is 0 Å². The van der Waals surface area contributed by atoms with Crippen LogP contribution in [-0.2, 0) is 4.74 Å². The molecule has 18 heavy (non-hydrogen) atoms. The first-order valence-corrected chi connectivity index (χ1v) is 5.91. The third kappa shape index (κ3) is 4.18. The Morgan fingerprint density at radius 1 is 1.11 bits per heavy atom. The van der Waals surface area contributed by atoms with Crippen molar-refractivity contribution in [2.24, 2.45) is 5.84 Å². The van der Waals surface area contributed by atoms with Gasteiger partial charge in [0.25, 0.3) is 0 Å². The van der Waals surface area contributed by atoms with Crippen LogP contribution >= 0.6 is 0 Å². The predicted octanol–water partition coefficient (Wildman–Crippen LogP) is 1.63. The van der Waals surface area contributed by atoms with Gasteiger partial charge in [0.05, 0.1) is 33.0 Å². The zero-order valence-electron chi connectivity index (χ0n) is 11.4. The Bertz CT molecular complexity index is 347. The van der Waals surface area contributed by atoms with Crippen LogP contribution in [0.15, 0.2) is 18.2 Å². The largest absolute Gasteiger partial charge is 0.497 e. The summed E-state index contributed by atoms with van der Waals surface area (Å²) >= 11 is 0. The number of methoxy groups -OCH3 is 2. The monoisotopic (exact) mass is 254 g/mol. The number of hydrogen-bond acceptors (Lipinski definition) is 5. The van der Waals surface area contributed by atoms with Crippen molar-refractivity contribution in [3.05, 3.63) is 23.8 Å². The van der Waals surface area contributed by atoms with Crippen LogP contribution < -0.4 is 20.7 Å². The molecule has 0 aromatic heterocycles. The van der Waals surface area contributed by atoms with E-state index in [0.717, 1.165) is 17.1 Å². The molecule has 0 saturated carbocycles. The summed E-state index contributed by atoms with van der Waals surface area (Å²) in [6, 6.07) is 5.55. The number of nitrogens with two attached hydrogens (primary N) is 1. The lowest BCUT2D eigenvalue weighted by Gasteiger charge is -2.19. The first kappa shape index (κ1) is 14.8. The highest BCUT2D eigenvalue weighted by molar-refractivity contribution is 5.39. The molecule has 5 nitrogen and oxygen atoms in total. The van der Waals surface area contributed by atoms with E-state index in [1.54, 1.807) is 14.2 Å². The van der Waals surface area contributed by atoms with Crippen LogP contribution in [-0.4, -0.2) is 26.9 Å². The molecule has 0 heterocycles. The van der Waals surface area contributed by atoms with E-state index < -0.39 is 0 Å². The Balaban J connectivity index is 2.89. The Morgan fingerprint density at radius 2 is 1.67 bits per heavy atom. The number of hydrazine groups is 1. The summed E-state index contributed by atoms with van der Waals surface area (Å²) in [5.41, 5.74) is 3.71. The molecule has 0 fully saturated rings. The highest BCUT2D eigenvalue weighted by Crippen LogP contribution is 2.26. The lowest BCUT2D eigenvalue weighted by atomic mass is 10.1. The van der Waals surface area contributed by atoms with Gasteiger partial charge in [-0.3, -0.25) is 11.3 Å². The van der Waals surface area contributed by atoms with Crippen molar-refractivity contribution >= 4 is 0 Å².